The Morgan fingerprint density at radius 2 is 2.12 bits per heavy atom. The lowest BCUT2D eigenvalue weighted by atomic mass is 9.91. The van der Waals surface area contributed by atoms with Crippen molar-refractivity contribution in [2.45, 2.75) is 38.1 Å². The largest absolute Gasteiger partial charge is 0.506 e. The van der Waals surface area contributed by atoms with Gasteiger partial charge in [0.15, 0.2) is 0 Å². The summed E-state index contributed by atoms with van der Waals surface area (Å²) in [7, 11) is 0. The molecule has 92 valence electrons. The summed E-state index contributed by atoms with van der Waals surface area (Å²) >= 11 is 0. The predicted octanol–water partition coefficient (Wildman–Crippen LogP) is 2.96. The van der Waals surface area contributed by atoms with Crippen LogP contribution in [0, 0.1) is 0 Å². The molecule has 1 aliphatic carbocycles. The van der Waals surface area contributed by atoms with Gasteiger partial charge in [-0.05, 0) is 31.9 Å². The Morgan fingerprint density at radius 1 is 1.35 bits per heavy atom. The quantitative estimate of drug-likeness (QED) is 0.781. The Morgan fingerprint density at radius 3 is 2.82 bits per heavy atom. The lowest BCUT2D eigenvalue weighted by Gasteiger charge is -2.47. The number of phenols is 1. The summed E-state index contributed by atoms with van der Waals surface area (Å²) < 4.78 is 0. The van der Waals surface area contributed by atoms with Crippen molar-refractivity contribution in [1.29, 1.82) is 0 Å². The minimum atomic E-state index is 0.237. The summed E-state index contributed by atoms with van der Waals surface area (Å²) in [6.45, 7) is 4.16. The molecule has 3 rings (SSSR count). The average Bonchev–Trinajstić information content (AvgIpc) is 2.79. The molecule has 2 aliphatic rings. The fraction of sp³-hybridized carbons (Fsp3) is 0.571. The highest BCUT2D eigenvalue weighted by Gasteiger charge is 2.43. The molecule has 0 radical (unpaired) electrons. The van der Waals surface area contributed by atoms with Crippen LogP contribution >= 0.6 is 0 Å². The van der Waals surface area contributed by atoms with E-state index in [1.54, 1.807) is 6.07 Å². The zero-order valence-electron chi connectivity index (χ0n) is 10.4. The Kier molecular flexibility index (Phi) is 2.42. The highest BCUT2D eigenvalue weighted by molar-refractivity contribution is 5.79. The van der Waals surface area contributed by atoms with Crippen LogP contribution in [-0.2, 0) is 0 Å². The van der Waals surface area contributed by atoms with Gasteiger partial charge in [0.2, 0.25) is 0 Å². The number of anilines is 2. The van der Waals surface area contributed by atoms with E-state index in [1.807, 2.05) is 6.07 Å². The van der Waals surface area contributed by atoms with Crippen LogP contribution in [0.4, 0.5) is 11.4 Å². The zero-order valence-corrected chi connectivity index (χ0v) is 10.4. The van der Waals surface area contributed by atoms with E-state index in [4.69, 9.17) is 0 Å². The molecule has 0 amide bonds. The normalized spacial score (nSPS) is 21.4. The van der Waals surface area contributed by atoms with Crippen molar-refractivity contribution < 1.29 is 5.11 Å². The number of rotatable bonds is 1. The van der Waals surface area contributed by atoms with Crippen molar-refractivity contribution >= 4 is 11.4 Å². The van der Waals surface area contributed by atoms with Gasteiger partial charge in [0.1, 0.15) is 11.4 Å². The minimum absolute atomic E-state index is 0.237. The molecule has 0 saturated heterocycles. The van der Waals surface area contributed by atoms with Gasteiger partial charge in [0.25, 0.3) is 0 Å². The van der Waals surface area contributed by atoms with E-state index in [2.05, 4.69) is 23.2 Å². The zero-order chi connectivity index (χ0) is 11.9. The lowest BCUT2D eigenvalue weighted by Crippen LogP contribution is -2.54. The van der Waals surface area contributed by atoms with E-state index in [0.29, 0.717) is 5.75 Å². The monoisotopic (exact) mass is 232 g/mol. The first-order chi connectivity index (χ1) is 8.27. The van der Waals surface area contributed by atoms with Crippen LogP contribution in [0.15, 0.2) is 18.2 Å². The van der Waals surface area contributed by atoms with Crippen molar-refractivity contribution in [3.8, 4) is 5.75 Å². The van der Waals surface area contributed by atoms with Crippen LogP contribution in [0.1, 0.15) is 32.6 Å². The van der Waals surface area contributed by atoms with Crippen molar-refractivity contribution in [3.63, 3.8) is 0 Å². The minimum Gasteiger partial charge on any atom is -0.506 e. The number of fused-ring (bicyclic) bond motifs is 1. The molecule has 3 heteroatoms. The molecule has 17 heavy (non-hydrogen) atoms. The number of hydrogen-bond donors (Lipinski definition) is 2. The molecular weight excluding hydrogens is 212 g/mol. The number of likely N-dealkylation sites (N-methyl/N-ethyl adjacent to an activating group) is 1. The van der Waals surface area contributed by atoms with Crippen LogP contribution in [0.5, 0.6) is 5.75 Å². The third-order valence-corrected chi connectivity index (χ3v) is 4.32. The first kappa shape index (κ1) is 10.8. The first-order valence-electron chi connectivity index (χ1n) is 6.60. The number of aromatic hydroxyl groups is 1. The Hall–Kier alpha value is -1.38. The molecule has 0 bridgehead atoms. The highest BCUT2D eigenvalue weighted by Crippen LogP contribution is 2.47. The second-order valence-electron chi connectivity index (χ2n) is 5.20. The van der Waals surface area contributed by atoms with E-state index in [0.717, 1.165) is 24.5 Å². The smallest absolute Gasteiger partial charge is 0.141 e. The Balaban J connectivity index is 2.09. The summed E-state index contributed by atoms with van der Waals surface area (Å²) in [6.07, 6.45) is 5.09. The number of benzene rings is 1. The van der Waals surface area contributed by atoms with E-state index >= 15 is 0 Å². The maximum Gasteiger partial charge on any atom is 0.141 e. The third-order valence-electron chi connectivity index (χ3n) is 4.32. The molecule has 1 aromatic carbocycles. The Labute approximate surface area is 102 Å². The number of para-hydroxylation sites is 1. The summed E-state index contributed by atoms with van der Waals surface area (Å²) in [5.41, 5.74) is 2.31. The molecule has 1 aliphatic heterocycles. The lowest BCUT2D eigenvalue weighted by molar-refractivity contribution is 0.400. The SMILES string of the molecule is CCN1c2c(O)cccc2NCC12CCCC2. The summed E-state index contributed by atoms with van der Waals surface area (Å²) in [5.74, 6) is 0.405. The van der Waals surface area contributed by atoms with Crippen molar-refractivity contribution in [2.24, 2.45) is 0 Å². The van der Waals surface area contributed by atoms with Crippen molar-refractivity contribution in [1.82, 2.24) is 0 Å². The summed E-state index contributed by atoms with van der Waals surface area (Å²) in [5, 5.41) is 13.6. The highest BCUT2D eigenvalue weighted by atomic mass is 16.3. The van der Waals surface area contributed by atoms with E-state index in [-0.39, 0.29) is 5.54 Å². The number of nitrogens with one attached hydrogen (secondary N) is 1. The predicted molar refractivity (Wildman–Crippen MR) is 70.8 cm³/mol. The van der Waals surface area contributed by atoms with E-state index in [9.17, 15) is 5.11 Å². The molecule has 0 aromatic heterocycles. The van der Waals surface area contributed by atoms with Crippen LogP contribution in [0.3, 0.4) is 0 Å². The fourth-order valence-corrected chi connectivity index (χ4v) is 3.52. The molecule has 3 nitrogen and oxygen atoms in total. The van der Waals surface area contributed by atoms with Gasteiger partial charge in [0, 0.05) is 13.1 Å². The summed E-state index contributed by atoms with van der Waals surface area (Å²) in [6, 6.07) is 5.75. The molecule has 1 heterocycles. The standard InChI is InChI=1S/C14H20N2O/c1-2-16-13-11(6-5-7-12(13)17)15-10-14(16)8-3-4-9-14/h5-7,15,17H,2-4,8-10H2,1H3. The molecule has 1 fully saturated rings. The molecule has 0 atom stereocenters. The van der Waals surface area contributed by atoms with Gasteiger partial charge in [0.05, 0.1) is 11.2 Å². The number of nitrogens with zero attached hydrogens (tertiary/aromatic N) is 1. The molecule has 2 N–H and O–H groups in total. The molecule has 0 unspecified atom stereocenters. The van der Waals surface area contributed by atoms with Gasteiger partial charge in [-0.15, -0.1) is 0 Å². The molecular formula is C14H20N2O. The van der Waals surface area contributed by atoms with Gasteiger partial charge < -0.3 is 15.3 Å². The maximum atomic E-state index is 10.1. The second kappa shape index (κ2) is 3.83. The fourth-order valence-electron chi connectivity index (χ4n) is 3.52. The van der Waals surface area contributed by atoms with Gasteiger partial charge >= 0.3 is 0 Å². The average molecular weight is 232 g/mol. The Bertz CT molecular complexity index is 424. The van der Waals surface area contributed by atoms with Crippen LogP contribution < -0.4 is 10.2 Å². The van der Waals surface area contributed by atoms with E-state index < -0.39 is 0 Å². The number of phenolic OH excluding ortho intramolecular Hbond substituents is 1. The van der Waals surface area contributed by atoms with Crippen LogP contribution in [-0.4, -0.2) is 23.7 Å². The number of hydrogen-bond acceptors (Lipinski definition) is 3. The van der Waals surface area contributed by atoms with E-state index in [1.165, 1.54) is 25.7 Å². The third kappa shape index (κ3) is 1.48. The molecule has 1 aromatic rings. The second-order valence-corrected chi connectivity index (χ2v) is 5.20. The summed E-state index contributed by atoms with van der Waals surface area (Å²) in [4.78, 5) is 2.42. The molecule has 1 spiro atoms. The maximum absolute atomic E-state index is 10.1. The first-order valence-corrected chi connectivity index (χ1v) is 6.60. The van der Waals surface area contributed by atoms with Crippen LogP contribution in [0.25, 0.3) is 0 Å². The van der Waals surface area contributed by atoms with Crippen LogP contribution in [0.2, 0.25) is 0 Å². The van der Waals surface area contributed by atoms with Gasteiger partial charge in [-0.25, -0.2) is 0 Å². The van der Waals surface area contributed by atoms with Crippen molar-refractivity contribution in [3.05, 3.63) is 18.2 Å². The topological polar surface area (TPSA) is 35.5 Å². The van der Waals surface area contributed by atoms with Gasteiger partial charge in [-0.3, -0.25) is 0 Å². The van der Waals surface area contributed by atoms with Gasteiger partial charge in [-0.1, -0.05) is 18.9 Å². The molecule has 1 saturated carbocycles. The van der Waals surface area contributed by atoms with Gasteiger partial charge in [-0.2, -0.15) is 0 Å². The van der Waals surface area contributed by atoms with Crippen molar-refractivity contribution in [2.75, 3.05) is 23.3 Å².